The third-order valence-corrected chi connectivity index (χ3v) is 5.37. The Bertz CT molecular complexity index is 1090. The van der Waals surface area contributed by atoms with Gasteiger partial charge >= 0.3 is 15.5 Å². The molecule has 0 unspecified atom stereocenters. The molecule has 3 aromatic heterocycles. The number of halogens is 4. The zero-order valence-electron chi connectivity index (χ0n) is 14.3. The number of nitrogens with one attached hydrogen (secondary N) is 1. The molecule has 0 atom stereocenters. The molecule has 0 bridgehead atoms. The van der Waals surface area contributed by atoms with Crippen molar-refractivity contribution in [2.24, 2.45) is 0 Å². The number of hydrogen-bond acceptors (Lipinski definition) is 4. The summed E-state index contributed by atoms with van der Waals surface area (Å²) in [5, 5.41) is 0. The lowest BCUT2D eigenvalue weighted by atomic mass is 10.2. The van der Waals surface area contributed by atoms with Crippen LogP contribution in [0.5, 0.6) is 0 Å². The van der Waals surface area contributed by atoms with Crippen LogP contribution in [0.3, 0.4) is 0 Å². The molecule has 3 rings (SSSR count). The molecular formula is C15H18ClF3N4O3S. The van der Waals surface area contributed by atoms with Crippen LogP contribution in [0.4, 0.5) is 13.2 Å². The lowest BCUT2D eigenvalue weighted by Gasteiger charge is -2.09. The predicted octanol–water partition coefficient (Wildman–Crippen LogP) is 2.43. The van der Waals surface area contributed by atoms with Crippen LogP contribution in [-0.2, 0) is 16.6 Å². The van der Waals surface area contributed by atoms with Gasteiger partial charge in [0.1, 0.15) is 16.8 Å². The van der Waals surface area contributed by atoms with Gasteiger partial charge in [-0.3, -0.25) is 13.8 Å². The number of nitrogens with zero attached hydrogens (tertiary/aromatic N) is 3. The number of aryl methyl sites for hydroxylation is 2. The fraction of sp³-hybridized carbons (Fsp3) is 0.467. The third-order valence-electron chi connectivity index (χ3n) is 4.18. The van der Waals surface area contributed by atoms with E-state index in [4.69, 9.17) is 0 Å². The van der Waals surface area contributed by atoms with Gasteiger partial charge < -0.3 is 0 Å². The van der Waals surface area contributed by atoms with Crippen molar-refractivity contribution in [1.29, 1.82) is 0 Å². The molecule has 0 aliphatic heterocycles. The zero-order valence-corrected chi connectivity index (χ0v) is 15.9. The predicted molar refractivity (Wildman–Crippen MR) is 97.0 cm³/mol. The number of hydrogen-bond donors (Lipinski definition) is 1. The highest BCUT2D eigenvalue weighted by atomic mass is 35.5. The highest BCUT2D eigenvalue weighted by Gasteiger charge is 2.45. The van der Waals surface area contributed by atoms with Gasteiger partial charge in [-0.2, -0.15) is 13.2 Å². The van der Waals surface area contributed by atoms with Crippen molar-refractivity contribution in [3.05, 3.63) is 34.2 Å². The smallest absolute Gasteiger partial charge is 0.292 e. The van der Waals surface area contributed by atoms with Crippen LogP contribution >= 0.6 is 12.4 Å². The molecule has 0 aromatic carbocycles. The molecule has 0 aliphatic carbocycles. The topological polar surface area (TPSA) is 85.5 Å². The summed E-state index contributed by atoms with van der Waals surface area (Å²) < 4.78 is 63.2. The Morgan fingerprint density at radius 1 is 1.19 bits per heavy atom. The Morgan fingerprint density at radius 2 is 1.89 bits per heavy atom. The highest BCUT2D eigenvalue weighted by molar-refractivity contribution is 7.90. The molecule has 0 radical (unpaired) electrons. The van der Waals surface area contributed by atoms with E-state index in [1.54, 1.807) is 28.0 Å². The summed E-state index contributed by atoms with van der Waals surface area (Å²) in [5.41, 5.74) is -2.89. The van der Waals surface area contributed by atoms with Gasteiger partial charge in [-0.15, -0.1) is 12.4 Å². The fourth-order valence-corrected chi connectivity index (χ4v) is 3.54. The van der Waals surface area contributed by atoms with Crippen molar-refractivity contribution < 1.29 is 21.6 Å². The van der Waals surface area contributed by atoms with Crippen LogP contribution in [0.15, 0.2) is 23.0 Å². The summed E-state index contributed by atoms with van der Waals surface area (Å²) in [4.78, 5) is 16.9. The zero-order chi connectivity index (χ0) is 19.1. The van der Waals surface area contributed by atoms with Crippen molar-refractivity contribution in [1.82, 2.24) is 18.7 Å². The van der Waals surface area contributed by atoms with E-state index in [0.29, 0.717) is 41.9 Å². The summed E-state index contributed by atoms with van der Waals surface area (Å²) in [7, 11) is -5.29. The lowest BCUT2D eigenvalue weighted by Crippen LogP contribution is -2.36. The quantitative estimate of drug-likeness (QED) is 0.588. The number of aromatic nitrogens is 3. The number of rotatable bonds is 7. The number of unbranched alkanes of at least 4 members (excludes halogenated alkanes) is 2. The molecule has 0 saturated heterocycles. The first-order valence-corrected chi connectivity index (χ1v) is 9.47. The van der Waals surface area contributed by atoms with Crippen molar-refractivity contribution in [2.45, 2.75) is 38.2 Å². The maximum atomic E-state index is 12.6. The summed E-state index contributed by atoms with van der Waals surface area (Å²) in [5.74, 6) is 0. The van der Waals surface area contributed by atoms with Crippen molar-refractivity contribution in [2.75, 3.05) is 6.54 Å². The van der Waals surface area contributed by atoms with E-state index in [9.17, 15) is 26.4 Å². The van der Waals surface area contributed by atoms with E-state index in [-0.39, 0.29) is 30.9 Å². The second kappa shape index (κ2) is 7.64. The van der Waals surface area contributed by atoms with Gasteiger partial charge in [0.2, 0.25) is 0 Å². The molecular weight excluding hydrogens is 409 g/mol. The standard InChI is InChI=1S/C15H17F3N4O3S.ClH/c1-10-13-14(23)21(12-7-5-6-11(20-10)22(12)13)9-4-2-3-8-19-26(24,25)15(16,17)18;/h5-7,19H,2-4,8-9H2,1H3;1H. The summed E-state index contributed by atoms with van der Waals surface area (Å²) in [6, 6.07) is 5.42. The first-order valence-electron chi connectivity index (χ1n) is 7.99. The second-order valence-corrected chi connectivity index (χ2v) is 7.74. The summed E-state index contributed by atoms with van der Waals surface area (Å²) in [6.45, 7) is 1.86. The van der Waals surface area contributed by atoms with Crippen LogP contribution in [0.2, 0.25) is 0 Å². The minimum atomic E-state index is -5.30. The molecule has 0 saturated carbocycles. The van der Waals surface area contributed by atoms with Crippen molar-refractivity contribution >= 4 is 39.2 Å². The van der Waals surface area contributed by atoms with Crippen LogP contribution in [0.1, 0.15) is 25.0 Å². The van der Waals surface area contributed by atoms with E-state index in [0.717, 1.165) is 0 Å². The Kier molecular flexibility index (Phi) is 6.07. The largest absolute Gasteiger partial charge is 0.511 e. The van der Waals surface area contributed by atoms with Crippen LogP contribution in [0.25, 0.3) is 16.8 Å². The lowest BCUT2D eigenvalue weighted by molar-refractivity contribution is -0.0447. The fourth-order valence-electron chi connectivity index (χ4n) is 2.96. The molecule has 0 fully saturated rings. The van der Waals surface area contributed by atoms with Crippen molar-refractivity contribution in [3.8, 4) is 0 Å². The first kappa shape index (κ1) is 21.5. The normalized spacial score (nSPS) is 12.7. The van der Waals surface area contributed by atoms with Crippen LogP contribution < -0.4 is 10.3 Å². The minimum absolute atomic E-state index is 0. The van der Waals surface area contributed by atoms with Crippen LogP contribution in [0, 0.1) is 6.92 Å². The number of alkyl halides is 3. The number of pyridine rings is 1. The van der Waals surface area contributed by atoms with Gasteiger partial charge in [-0.05, 0) is 31.9 Å². The average molecular weight is 427 g/mol. The Morgan fingerprint density at radius 3 is 2.56 bits per heavy atom. The maximum Gasteiger partial charge on any atom is 0.511 e. The molecule has 1 N–H and O–H groups in total. The average Bonchev–Trinajstić information content (AvgIpc) is 3.02. The Balaban J connectivity index is 0.00000261. The third kappa shape index (κ3) is 3.90. The van der Waals surface area contributed by atoms with E-state index in [2.05, 4.69) is 4.98 Å². The van der Waals surface area contributed by atoms with Gasteiger partial charge in [0.05, 0.1) is 5.69 Å². The maximum absolute atomic E-state index is 12.6. The highest BCUT2D eigenvalue weighted by Crippen LogP contribution is 2.21. The molecule has 7 nitrogen and oxygen atoms in total. The van der Waals surface area contributed by atoms with Crippen molar-refractivity contribution in [3.63, 3.8) is 0 Å². The molecule has 12 heteroatoms. The van der Waals surface area contributed by atoms with E-state index in [1.165, 1.54) is 4.72 Å². The number of imidazole rings is 2. The van der Waals surface area contributed by atoms with E-state index in [1.807, 2.05) is 6.07 Å². The van der Waals surface area contributed by atoms with Gasteiger partial charge in [0, 0.05) is 13.1 Å². The van der Waals surface area contributed by atoms with E-state index < -0.39 is 15.5 Å². The molecule has 0 amide bonds. The molecule has 150 valence electrons. The molecule has 27 heavy (non-hydrogen) atoms. The molecule has 3 heterocycles. The van der Waals surface area contributed by atoms with Crippen LogP contribution in [-0.4, -0.2) is 34.4 Å². The van der Waals surface area contributed by atoms with Gasteiger partial charge in [0.15, 0.2) is 0 Å². The number of sulfonamides is 1. The monoisotopic (exact) mass is 426 g/mol. The van der Waals surface area contributed by atoms with Gasteiger partial charge in [0.25, 0.3) is 5.56 Å². The first-order chi connectivity index (χ1) is 12.1. The molecule has 0 aliphatic rings. The summed E-state index contributed by atoms with van der Waals surface area (Å²) in [6.07, 6.45) is 1.26. The molecule has 0 spiro atoms. The van der Waals surface area contributed by atoms with E-state index >= 15 is 0 Å². The minimum Gasteiger partial charge on any atom is -0.292 e. The Hall–Kier alpha value is -1.85. The van der Waals surface area contributed by atoms with Gasteiger partial charge in [-0.25, -0.2) is 18.1 Å². The SMILES string of the molecule is Cc1nc2cccc3n(CCCCCNS(=O)(=O)C(F)(F)F)c(=O)c1n23.Cl. The molecule has 3 aromatic rings. The Labute approximate surface area is 159 Å². The van der Waals surface area contributed by atoms with Gasteiger partial charge in [-0.1, -0.05) is 12.5 Å². The summed E-state index contributed by atoms with van der Waals surface area (Å²) >= 11 is 0. The second-order valence-electron chi connectivity index (χ2n) is 5.98.